The Morgan fingerprint density at radius 1 is 1.56 bits per heavy atom. The van der Waals surface area contributed by atoms with Crippen LogP contribution >= 0.6 is 8.69 Å². The predicted octanol–water partition coefficient (Wildman–Crippen LogP) is 1.26. The molecule has 0 bridgehead atoms. The third-order valence-electron chi connectivity index (χ3n) is 1.32. The summed E-state index contributed by atoms with van der Waals surface area (Å²) >= 11 is 0. The molecule has 0 aliphatic heterocycles. The maximum atomic E-state index is 9.83. The van der Waals surface area contributed by atoms with Gasteiger partial charge in [0.25, 0.3) is 0 Å². The van der Waals surface area contributed by atoms with E-state index in [2.05, 4.69) is 11.4 Å². The molecule has 0 aromatic carbocycles. The van der Waals surface area contributed by atoms with Crippen molar-refractivity contribution in [2.75, 3.05) is 27.4 Å². The van der Waals surface area contributed by atoms with Crippen LogP contribution in [-0.4, -0.2) is 31.9 Å². The van der Waals surface area contributed by atoms with E-state index >= 15 is 0 Å². The Kier molecular flexibility index (Phi) is 3.95. The Morgan fingerprint density at radius 2 is 2.11 bits per heavy atom. The van der Waals surface area contributed by atoms with E-state index in [0.717, 1.165) is 11.0 Å². The minimum atomic E-state index is -0.227. The second-order valence-corrected chi connectivity index (χ2v) is 2.99. The van der Waals surface area contributed by atoms with Gasteiger partial charge >= 0.3 is 8.69 Å². The van der Waals surface area contributed by atoms with Crippen LogP contribution in [-0.2, 0) is 9.09 Å². The molecular weight excluding hydrogens is 137 g/mol. The van der Waals surface area contributed by atoms with Gasteiger partial charge in [-0.05, 0) is 6.92 Å². The van der Waals surface area contributed by atoms with Gasteiger partial charge in [0, 0.05) is 0 Å². The van der Waals surface area contributed by atoms with Gasteiger partial charge < -0.3 is 4.48 Å². The fraction of sp³-hybridized carbons (Fsp3) is 1.00. The molecule has 0 heterocycles. The zero-order chi connectivity index (χ0) is 7.33. The molecule has 0 N–H and O–H groups in total. The minimum Gasteiger partial charge on any atom is -0.305 e. The van der Waals surface area contributed by atoms with Crippen molar-refractivity contribution in [2.45, 2.75) is 6.92 Å². The van der Waals surface area contributed by atoms with E-state index in [1.54, 1.807) is 0 Å². The zero-order valence-corrected chi connectivity index (χ0v) is 7.02. The fourth-order valence-electron chi connectivity index (χ4n) is 0.271. The van der Waals surface area contributed by atoms with Crippen LogP contribution in [0.5, 0.6) is 0 Å². The molecule has 9 heavy (non-hydrogen) atoms. The van der Waals surface area contributed by atoms with Gasteiger partial charge in [-0.1, -0.05) is 0 Å². The molecule has 0 saturated carbocycles. The molecule has 0 saturated heterocycles. The van der Waals surface area contributed by atoms with Gasteiger partial charge in [-0.25, -0.2) is 9.09 Å². The van der Waals surface area contributed by atoms with E-state index in [-0.39, 0.29) is 8.69 Å². The largest absolute Gasteiger partial charge is 0.332 e. The van der Waals surface area contributed by atoms with Gasteiger partial charge in [0.15, 0.2) is 6.73 Å². The van der Waals surface area contributed by atoms with E-state index in [0.29, 0.717) is 6.73 Å². The Balaban J connectivity index is 3.44. The summed E-state index contributed by atoms with van der Waals surface area (Å²) in [4.78, 5) is 0. The lowest BCUT2D eigenvalue weighted by molar-refractivity contribution is -0.904. The van der Waals surface area contributed by atoms with Crippen molar-refractivity contribution >= 4 is 8.69 Å². The Bertz CT molecular complexity index is 95.0. The highest BCUT2D eigenvalue weighted by Gasteiger charge is 2.10. The summed E-state index contributed by atoms with van der Waals surface area (Å²) in [5.74, 6) is 0. The minimum absolute atomic E-state index is 0.227. The summed E-state index contributed by atoms with van der Waals surface area (Å²) in [5, 5.41) is 0. The lowest BCUT2D eigenvalue weighted by atomic mass is 10.6. The third kappa shape index (κ3) is 4.52. The molecule has 0 spiro atoms. The molecule has 0 radical (unpaired) electrons. The molecule has 4 heteroatoms. The Hall–Kier alpha value is 0.0200. The maximum absolute atomic E-state index is 9.83. The third-order valence-corrected chi connectivity index (χ3v) is 1.54. The molecule has 3 nitrogen and oxygen atoms in total. The van der Waals surface area contributed by atoms with Crippen molar-refractivity contribution in [1.82, 2.24) is 0 Å². The van der Waals surface area contributed by atoms with Crippen molar-refractivity contribution in [1.29, 1.82) is 0 Å². The monoisotopic (exact) mass is 150 g/mol. The smallest absolute Gasteiger partial charge is 0.305 e. The number of hydrogen-bond donors (Lipinski definition) is 0. The summed E-state index contributed by atoms with van der Waals surface area (Å²) in [5.41, 5.74) is 0. The van der Waals surface area contributed by atoms with Crippen LogP contribution in [0.1, 0.15) is 6.92 Å². The summed E-state index contributed by atoms with van der Waals surface area (Å²) in [6.45, 7) is 3.54. The molecule has 0 aliphatic rings. The SMILES string of the molecule is CC[N+](C)(C)COP=O. The van der Waals surface area contributed by atoms with Crippen molar-refractivity contribution in [3.63, 3.8) is 0 Å². The first-order valence-electron chi connectivity index (χ1n) is 2.89. The summed E-state index contributed by atoms with van der Waals surface area (Å²) in [7, 11) is 3.81. The Labute approximate surface area is 57.5 Å². The van der Waals surface area contributed by atoms with Crippen LogP contribution in [0, 0.1) is 0 Å². The summed E-state index contributed by atoms with van der Waals surface area (Å²) in [6, 6.07) is 0. The fourth-order valence-corrected chi connectivity index (χ4v) is 0.631. The van der Waals surface area contributed by atoms with Gasteiger partial charge in [-0.2, -0.15) is 0 Å². The average molecular weight is 150 g/mol. The molecule has 0 fully saturated rings. The molecule has 0 aromatic rings. The number of quaternary nitrogens is 1. The van der Waals surface area contributed by atoms with E-state index in [1.165, 1.54) is 0 Å². The number of nitrogens with zero attached hydrogens (tertiary/aromatic N) is 1. The maximum Gasteiger partial charge on any atom is 0.332 e. The van der Waals surface area contributed by atoms with Crippen molar-refractivity contribution in [2.24, 2.45) is 0 Å². The van der Waals surface area contributed by atoms with E-state index in [9.17, 15) is 4.57 Å². The Morgan fingerprint density at radius 3 is 2.44 bits per heavy atom. The highest BCUT2D eigenvalue weighted by molar-refractivity contribution is 7.17. The molecule has 0 unspecified atom stereocenters. The van der Waals surface area contributed by atoms with E-state index < -0.39 is 0 Å². The van der Waals surface area contributed by atoms with Crippen LogP contribution < -0.4 is 0 Å². The van der Waals surface area contributed by atoms with Crippen LogP contribution in [0.15, 0.2) is 0 Å². The quantitative estimate of drug-likeness (QED) is 0.342. The first-order chi connectivity index (χ1) is 4.12. The van der Waals surface area contributed by atoms with Crippen molar-refractivity contribution < 1.29 is 13.6 Å². The van der Waals surface area contributed by atoms with Gasteiger partial charge in [0.05, 0.1) is 20.6 Å². The second kappa shape index (κ2) is 3.94. The predicted molar refractivity (Wildman–Crippen MR) is 36.2 cm³/mol. The van der Waals surface area contributed by atoms with Crippen LogP contribution in [0.2, 0.25) is 0 Å². The number of hydrogen-bond acceptors (Lipinski definition) is 2. The first-order valence-corrected chi connectivity index (χ1v) is 3.62. The van der Waals surface area contributed by atoms with Crippen LogP contribution in [0.4, 0.5) is 0 Å². The molecule has 0 aromatic heterocycles. The van der Waals surface area contributed by atoms with Crippen LogP contribution in [0.25, 0.3) is 0 Å². The average Bonchev–Trinajstić information content (AvgIpc) is 1.84. The molecule has 54 valence electrons. The standard InChI is InChI=1S/C5H13NO2P/c1-4-6(2,3)5-8-9-7/h4-5H2,1-3H3/q+1. The topological polar surface area (TPSA) is 26.3 Å². The normalized spacial score (nSPS) is 12.3. The molecular formula is C5H13NO2P+. The molecule has 0 rings (SSSR count). The van der Waals surface area contributed by atoms with Crippen molar-refractivity contribution in [3.8, 4) is 0 Å². The van der Waals surface area contributed by atoms with Crippen molar-refractivity contribution in [3.05, 3.63) is 0 Å². The first kappa shape index (κ1) is 9.02. The van der Waals surface area contributed by atoms with E-state index in [4.69, 9.17) is 0 Å². The van der Waals surface area contributed by atoms with Gasteiger partial charge in [0.1, 0.15) is 0 Å². The highest BCUT2D eigenvalue weighted by atomic mass is 31.1. The second-order valence-electron chi connectivity index (χ2n) is 2.58. The summed E-state index contributed by atoms with van der Waals surface area (Å²) < 4.78 is 15.3. The van der Waals surface area contributed by atoms with Crippen LogP contribution in [0.3, 0.4) is 0 Å². The van der Waals surface area contributed by atoms with Gasteiger partial charge in [0.2, 0.25) is 0 Å². The lowest BCUT2D eigenvalue weighted by Crippen LogP contribution is -2.40. The zero-order valence-electron chi connectivity index (χ0n) is 6.13. The van der Waals surface area contributed by atoms with Gasteiger partial charge in [-0.3, -0.25) is 0 Å². The lowest BCUT2D eigenvalue weighted by Gasteiger charge is -2.25. The molecule has 0 aliphatic carbocycles. The molecule has 0 atom stereocenters. The molecule has 0 amide bonds. The van der Waals surface area contributed by atoms with E-state index in [1.807, 2.05) is 14.1 Å². The number of rotatable bonds is 4. The van der Waals surface area contributed by atoms with Gasteiger partial charge in [-0.15, -0.1) is 0 Å². The highest BCUT2D eigenvalue weighted by Crippen LogP contribution is 2.01. The summed E-state index contributed by atoms with van der Waals surface area (Å²) in [6.07, 6.45) is 0.